The molecule has 0 spiro atoms. The molecular weight excluding hydrogens is 326 g/mol. The molecule has 2 unspecified atom stereocenters. The fourth-order valence-electron chi connectivity index (χ4n) is 3.97. The molecule has 2 heterocycles. The molecule has 0 aliphatic carbocycles. The number of benzene rings is 1. The average Bonchev–Trinajstić information content (AvgIpc) is 3.08. The second kappa shape index (κ2) is 6.72. The van der Waals surface area contributed by atoms with Gasteiger partial charge in [-0.2, -0.15) is 17.0 Å². The van der Waals surface area contributed by atoms with E-state index in [0.717, 1.165) is 26.1 Å². The first-order valence-electron chi connectivity index (χ1n) is 8.42. The topological polar surface area (TPSA) is 64.1 Å². The summed E-state index contributed by atoms with van der Waals surface area (Å²) in [4.78, 5) is 2.37. The van der Waals surface area contributed by atoms with Crippen LogP contribution in [0.5, 0.6) is 0 Å². The van der Waals surface area contributed by atoms with Gasteiger partial charge >= 0.3 is 0 Å². The molecule has 2 saturated heterocycles. The smallest absolute Gasteiger partial charge is 0.281 e. The molecule has 2 atom stereocenters. The van der Waals surface area contributed by atoms with Crippen molar-refractivity contribution in [1.82, 2.24) is 13.5 Å². The molecule has 2 aliphatic rings. The largest absolute Gasteiger partial charge is 0.396 e. The van der Waals surface area contributed by atoms with Gasteiger partial charge in [0.15, 0.2) is 0 Å². The minimum atomic E-state index is -3.40. The van der Waals surface area contributed by atoms with Gasteiger partial charge in [-0.15, -0.1) is 0 Å². The molecule has 2 fully saturated rings. The van der Waals surface area contributed by atoms with Crippen LogP contribution in [0.2, 0.25) is 0 Å². The summed E-state index contributed by atoms with van der Waals surface area (Å²) in [5, 5.41) is 9.99. The number of hydrogen-bond acceptors (Lipinski definition) is 4. The van der Waals surface area contributed by atoms with Crippen molar-refractivity contribution in [1.29, 1.82) is 0 Å². The van der Waals surface area contributed by atoms with Gasteiger partial charge in [-0.25, -0.2) is 0 Å². The molecule has 1 N–H and O–H groups in total. The van der Waals surface area contributed by atoms with E-state index < -0.39 is 10.2 Å². The zero-order valence-corrected chi connectivity index (χ0v) is 15.2. The fourth-order valence-corrected chi connectivity index (χ4v) is 5.22. The molecule has 3 rings (SSSR count). The van der Waals surface area contributed by atoms with E-state index in [4.69, 9.17) is 0 Å². The summed E-state index contributed by atoms with van der Waals surface area (Å²) in [6.07, 6.45) is 0.981. The van der Waals surface area contributed by atoms with Gasteiger partial charge in [0.25, 0.3) is 10.2 Å². The van der Waals surface area contributed by atoms with Crippen LogP contribution in [-0.2, 0) is 16.6 Å². The number of fused-ring (bicyclic) bond motifs is 1. The van der Waals surface area contributed by atoms with Crippen LogP contribution in [-0.4, -0.2) is 80.5 Å². The van der Waals surface area contributed by atoms with Crippen molar-refractivity contribution in [2.24, 2.45) is 11.3 Å². The summed E-state index contributed by atoms with van der Waals surface area (Å²) >= 11 is 0. The predicted molar refractivity (Wildman–Crippen MR) is 93.8 cm³/mol. The third kappa shape index (κ3) is 3.23. The lowest BCUT2D eigenvalue weighted by Gasteiger charge is -2.28. The lowest BCUT2D eigenvalue weighted by Crippen LogP contribution is -2.43. The normalized spacial score (nSPS) is 28.6. The van der Waals surface area contributed by atoms with Crippen LogP contribution in [0.4, 0.5) is 0 Å². The van der Waals surface area contributed by atoms with E-state index in [2.05, 4.69) is 17.0 Å². The Morgan fingerprint density at radius 2 is 1.92 bits per heavy atom. The van der Waals surface area contributed by atoms with Crippen molar-refractivity contribution in [3.63, 3.8) is 0 Å². The van der Waals surface area contributed by atoms with Gasteiger partial charge in [0.05, 0.1) is 6.61 Å². The highest BCUT2D eigenvalue weighted by atomic mass is 32.2. The van der Waals surface area contributed by atoms with Crippen molar-refractivity contribution < 1.29 is 13.5 Å². The molecule has 134 valence electrons. The Kier molecular flexibility index (Phi) is 4.99. The summed E-state index contributed by atoms with van der Waals surface area (Å²) in [5.74, 6) is 0.202. The van der Waals surface area contributed by atoms with Crippen LogP contribution in [0.15, 0.2) is 30.3 Å². The Bertz CT molecular complexity index is 665. The van der Waals surface area contributed by atoms with Gasteiger partial charge in [-0.3, -0.25) is 0 Å². The van der Waals surface area contributed by atoms with Gasteiger partial charge in [-0.05, 0) is 17.9 Å². The maximum Gasteiger partial charge on any atom is 0.281 e. The molecule has 2 aliphatic heterocycles. The molecule has 7 heteroatoms. The highest BCUT2D eigenvalue weighted by Crippen LogP contribution is 2.43. The second-order valence-corrected chi connectivity index (χ2v) is 9.41. The number of aliphatic hydroxyl groups is 1. The number of rotatable bonds is 6. The summed E-state index contributed by atoms with van der Waals surface area (Å²) < 4.78 is 27.5. The first-order valence-corrected chi connectivity index (χ1v) is 9.82. The van der Waals surface area contributed by atoms with E-state index in [1.807, 2.05) is 18.2 Å². The Balaban J connectivity index is 1.64. The van der Waals surface area contributed by atoms with E-state index in [-0.39, 0.29) is 17.9 Å². The SMILES string of the molecule is CN(C)S(=O)(=O)N1CC2CN(CCc3ccccc3)CC2(CO)C1. The van der Waals surface area contributed by atoms with Gasteiger partial charge in [-0.1, -0.05) is 30.3 Å². The minimum Gasteiger partial charge on any atom is -0.396 e. The van der Waals surface area contributed by atoms with Gasteiger partial charge in [0.1, 0.15) is 0 Å². The Labute approximate surface area is 144 Å². The van der Waals surface area contributed by atoms with E-state index in [0.29, 0.717) is 13.1 Å². The van der Waals surface area contributed by atoms with Crippen LogP contribution >= 0.6 is 0 Å². The average molecular weight is 353 g/mol. The van der Waals surface area contributed by atoms with Gasteiger partial charge in [0.2, 0.25) is 0 Å². The fraction of sp³-hybridized carbons (Fsp3) is 0.647. The Morgan fingerprint density at radius 1 is 1.21 bits per heavy atom. The van der Waals surface area contributed by atoms with Crippen molar-refractivity contribution in [3.8, 4) is 0 Å². The molecule has 6 nitrogen and oxygen atoms in total. The van der Waals surface area contributed by atoms with E-state index in [1.165, 1.54) is 14.2 Å². The highest BCUT2D eigenvalue weighted by Gasteiger charge is 2.54. The number of hydrogen-bond donors (Lipinski definition) is 1. The third-order valence-electron chi connectivity index (χ3n) is 5.46. The summed E-state index contributed by atoms with van der Waals surface area (Å²) in [5.41, 5.74) is 0.990. The number of nitrogens with zero attached hydrogens (tertiary/aromatic N) is 3. The Morgan fingerprint density at radius 3 is 2.50 bits per heavy atom. The lowest BCUT2D eigenvalue weighted by molar-refractivity contribution is 0.120. The Hall–Kier alpha value is -0.990. The number of likely N-dealkylation sites (tertiary alicyclic amines) is 1. The molecule has 0 amide bonds. The highest BCUT2D eigenvalue weighted by molar-refractivity contribution is 7.86. The molecule has 1 aromatic carbocycles. The monoisotopic (exact) mass is 353 g/mol. The summed E-state index contributed by atoms with van der Waals surface area (Å²) in [7, 11) is -0.289. The summed E-state index contributed by atoms with van der Waals surface area (Å²) in [6.45, 7) is 3.52. The van der Waals surface area contributed by atoms with E-state index >= 15 is 0 Å². The van der Waals surface area contributed by atoms with E-state index in [1.54, 1.807) is 14.1 Å². The molecule has 0 bridgehead atoms. The minimum absolute atomic E-state index is 0.0406. The zero-order valence-electron chi connectivity index (χ0n) is 14.4. The first kappa shape index (κ1) is 17.8. The van der Waals surface area contributed by atoms with Crippen LogP contribution in [0.3, 0.4) is 0 Å². The quantitative estimate of drug-likeness (QED) is 0.797. The van der Waals surface area contributed by atoms with Crippen molar-refractivity contribution in [2.45, 2.75) is 6.42 Å². The maximum absolute atomic E-state index is 12.4. The van der Waals surface area contributed by atoms with Crippen molar-refractivity contribution in [2.75, 3.05) is 53.4 Å². The standard InChI is InChI=1S/C17H27N3O3S/c1-18(2)24(22,23)20-11-16-10-19(12-17(16,13-20)14-21)9-8-15-6-4-3-5-7-15/h3-7,16,21H,8-14H2,1-2H3. The number of aliphatic hydroxyl groups excluding tert-OH is 1. The molecule has 0 aromatic heterocycles. The van der Waals surface area contributed by atoms with Crippen LogP contribution in [0, 0.1) is 11.3 Å². The van der Waals surface area contributed by atoms with E-state index in [9.17, 15) is 13.5 Å². The molecule has 1 aromatic rings. The third-order valence-corrected chi connectivity index (χ3v) is 7.31. The first-order chi connectivity index (χ1) is 11.4. The molecular formula is C17H27N3O3S. The zero-order chi connectivity index (χ0) is 17.4. The molecule has 24 heavy (non-hydrogen) atoms. The lowest BCUT2D eigenvalue weighted by atomic mass is 9.82. The predicted octanol–water partition coefficient (Wildman–Crippen LogP) is 0.262. The second-order valence-electron chi connectivity index (χ2n) is 7.27. The molecule has 0 saturated carbocycles. The van der Waals surface area contributed by atoms with Crippen LogP contribution < -0.4 is 0 Å². The van der Waals surface area contributed by atoms with Crippen LogP contribution in [0.25, 0.3) is 0 Å². The van der Waals surface area contributed by atoms with Crippen LogP contribution in [0.1, 0.15) is 5.56 Å². The van der Waals surface area contributed by atoms with Gasteiger partial charge < -0.3 is 10.0 Å². The van der Waals surface area contributed by atoms with Crippen molar-refractivity contribution in [3.05, 3.63) is 35.9 Å². The van der Waals surface area contributed by atoms with Gasteiger partial charge in [0, 0.05) is 52.2 Å². The summed E-state index contributed by atoms with van der Waals surface area (Å²) in [6, 6.07) is 10.4. The molecule has 0 radical (unpaired) electrons. The maximum atomic E-state index is 12.4. The van der Waals surface area contributed by atoms with Crippen molar-refractivity contribution >= 4 is 10.2 Å².